The fourth-order valence-corrected chi connectivity index (χ4v) is 2.42. The van der Waals surface area contributed by atoms with E-state index in [0.29, 0.717) is 17.5 Å². The third kappa shape index (κ3) is 2.93. The molecule has 0 amide bonds. The molecule has 2 aromatic rings. The van der Waals surface area contributed by atoms with Crippen LogP contribution in [0.2, 0.25) is 0 Å². The Morgan fingerprint density at radius 3 is 2.65 bits per heavy atom. The molecule has 0 bridgehead atoms. The van der Waals surface area contributed by atoms with Gasteiger partial charge in [0.25, 0.3) is 0 Å². The van der Waals surface area contributed by atoms with Crippen molar-refractivity contribution in [3.63, 3.8) is 0 Å². The van der Waals surface area contributed by atoms with Crippen molar-refractivity contribution in [3.05, 3.63) is 42.1 Å². The number of ether oxygens (including phenoxy) is 1. The van der Waals surface area contributed by atoms with Gasteiger partial charge in [0.05, 0.1) is 6.20 Å². The first-order valence-electron chi connectivity index (χ1n) is 6.95. The summed E-state index contributed by atoms with van der Waals surface area (Å²) in [4.78, 5) is 13.1. The molecule has 0 radical (unpaired) electrons. The second-order valence-electron chi connectivity index (χ2n) is 5.01. The minimum absolute atomic E-state index is 0.415. The zero-order valence-corrected chi connectivity index (χ0v) is 11.5. The van der Waals surface area contributed by atoms with Crippen LogP contribution in [0.15, 0.2) is 30.7 Å². The predicted molar refractivity (Wildman–Crippen MR) is 75.9 cm³/mol. The molecule has 1 fully saturated rings. The summed E-state index contributed by atoms with van der Waals surface area (Å²) in [6, 6.07) is 3.83. The molecule has 1 saturated heterocycles. The lowest BCUT2D eigenvalue weighted by molar-refractivity contribution is 0.409. The number of aromatic nitrogens is 3. The van der Waals surface area contributed by atoms with Crippen LogP contribution >= 0.6 is 0 Å². The second kappa shape index (κ2) is 5.96. The van der Waals surface area contributed by atoms with Crippen molar-refractivity contribution in [2.75, 3.05) is 13.1 Å². The number of nitrogens with one attached hydrogen (secondary N) is 1. The molecule has 0 aromatic carbocycles. The largest absolute Gasteiger partial charge is 0.436 e. The third-order valence-corrected chi connectivity index (χ3v) is 3.52. The quantitative estimate of drug-likeness (QED) is 0.928. The second-order valence-corrected chi connectivity index (χ2v) is 5.01. The van der Waals surface area contributed by atoms with E-state index in [9.17, 15) is 0 Å². The van der Waals surface area contributed by atoms with Gasteiger partial charge in [-0.05, 0) is 45.0 Å². The Hall–Kier alpha value is -2.01. The summed E-state index contributed by atoms with van der Waals surface area (Å²) in [6.45, 7) is 3.99. The van der Waals surface area contributed by atoms with Crippen molar-refractivity contribution in [1.29, 1.82) is 0 Å². The topological polar surface area (TPSA) is 59.9 Å². The lowest BCUT2D eigenvalue weighted by Crippen LogP contribution is -2.27. The van der Waals surface area contributed by atoms with Gasteiger partial charge in [-0.2, -0.15) is 0 Å². The van der Waals surface area contributed by atoms with Gasteiger partial charge in [0.1, 0.15) is 11.4 Å². The smallest absolute Gasteiger partial charge is 0.241 e. The number of piperidine rings is 1. The van der Waals surface area contributed by atoms with E-state index >= 15 is 0 Å². The average molecular weight is 270 g/mol. The van der Waals surface area contributed by atoms with E-state index in [-0.39, 0.29) is 0 Å². The Bertz CT molecular complexity index is 564. The molecule has 0 aliphatic carbocycles. The van der Waals surface area contributed by atoms with Gasteiger partial charge < -0.3 is 10.1 Å². The first kappa shape index (κ1) is 13.0. The van der Waals surface area contributed by atoms with Crippen molar-refractivity contribution >= 4 is 0 Å². The van der Waals surface area contributed by atoms with E-state index in [1.54, 1.807) is 18.6 Å². The van der Waals surface area contributed by atoms with E-state index in [1.165, 1.54) is 0 Å². The number of hydrogen-bond donors (Lipinski definition) is 1. The van der Waals surface area contributed by atoms with E-state index in [1.807, 2.05) is 19.1 Å². The fourth-order valence-electron chi connectivity index (χ4n) is 2.42. The van der Waals surface area contributed by atoms with Crippen LogP contribution in [-0.4, -0.2) is 28.0 Å². The zero-order valence-electron chi connectivity index (χ0n) is 11.5. The molecule has 0 spiro atoms. The Morgan fingerprint density at radius 2 is 1.90 bits per heavy atom. The van der Waals surface area contributed by atoms with E-state index in [2.05, 4.69) is 20.3 Å². The SMILES string of the molecule is Cc1ccc(Oc2nccnc2C2CCNCC2)cn1. The number of pyridine rings is 1. The fraction of sp³-hybridized carbons (Fsp3) is 0.400. The van der Waals surface area contributed by atoms with Gasteiger partial charge in [-0.25, -0.2) is 4.98 Å². The van der Waals surface area contributed by atoms with Crippen LogP contribution in [0, 0.1) is 6.92 Å². The molecule has 3 heterocycles. The van der Waals surface area contributed by atoms with Crippen LogP contribution < -0.4 is 10.1 Å². The minimum atomic E-state index is 0.415. The van der Waals surface area contributed by atoms with Gasteiger partial charge in [-0.15, -0.1) is 0 Å². The Labute approximate surface area is 118 Å². The summed E-state index contributed by atoms with van der Waals surface area (Å²) in [5.74, 6) is 1.72. The monoisotopic (exact) mass is 270 g/mol. The maximum absolute atomic E-state index is 5.86. The van der Waals surface area contributed by atoms with Crippen molar-refractivity contribution in [2.45, 2.75) is 25.7 Å². The van der Waals surface area contributed by atoms with Crippen molar-refractivity contribution in [3.8, 4) is 11.6 Å². The summed E-state index contributed by atoms with van der Waals surface area (Å²) in [5.41, 5.74) is 1.92. The lowest BCUT2D eigenvalue weighted by Gasteiger charge is -2.23. The molecule has 2 aromatic heterocycles. The highest BCUT2D eigenvalue weighted by Gasteiger charge is 2.21. The zero-order chi connectivity index (χ0) is 13.8. The molecule has 20 heavy (non-hydrogen) atoms. The maximum atomic E-state index is 5.86. The number of nitrogens with zero attached hydrogens (tertiary/aromatic N) is 3. The Morgan fingerprint density at radius 1 is 1.10 bits per heavy atom. The molecule has 1 N–H and O–H groups in total. The molecular formula is C15H18N4O. The van der Waals surface area contributed by atoms with Gasteiger partial charge in [0.15, 0.2) is 0 Å². The molecule has 104 valence electrons. The van der Waals surface area contributed by atoms with Gasteiger partial charge >= 0.3 is 0 Å². The van der Waals surface area contributed by atoms with Gasteiger partial charge in [-0.1, -0.05) is 0 Å². The van der Waals surface area contributed by atoms with E-state index in [0.717, 1.165) is 37.3 Å². The summed E-state index contributed by atoms with van der Waals surface area (Å²) in [6.07, 6.45) is 7.26. The van der Waals surface area contributed by atoms with Crippen molar-refractivity contribution < 1.29 is 4.74 Å². The molecule has 0 unspecified atom stereocenters. The number of rotatable bonds is 3. The van der Waals surface area contributed by atoms with Crippen LogP contribution in [0.1, 0.15) is 30.1 Å². The lowest BCUT2D eigenvalue weighted by atomic mass is 9.94. The Kier molecular flexibility index (Phi) is 3.87. The third-order valence-electron chi connectivity index (χ3n) is 3.52. The highest BCUT2D eigenvalue weighted by molar-refractivity contribution is 5.29. The molecule has 3 rings (SSSR count). The first-order valence-corrected chi connectivity index (χ1v) is 6.95. The standard InChI is InChI=1S/C15H18N4O/c1-11-2-3-13(10-19-11)20-15-14(17-8-9-18-15)12-4-6-16-7-5-12/h2-3,8-10,12,16H,4-7H2,1H3. The first-order chi connectivity index (χ1) is 9.83. The van der Waals surface area contributed by atoms with Crippen LogP contribution in [0.5, 0.6) is 11.6 Å². The molecule has 0 saturated carbocycles. The van der Waals surface area contributed by atoms with Crippen molar-refractivity contribution in [2.24, 2.45) is 0 Å². The van der Waals surface area contributed by atoms with Gasteiger partial charge in [0, 0.05) is 24.0 Å². The minimum Gasteiger partial charge on any atom is -0.436 e. The number of aryl methyl sites for hydroxylation is 1. The normalized spacial score (nSPS) is 16.1. The molecule has 5 heteroatoms. The maximum Gasteiger partial charge on any atom is 0.241 e. The van der Waals surface area contributed by atoms with Gasteiger partial charge in [0.2, 0.25) is 5.88 Å². The molecular weight excluding hydrogens is 252 g/mol. The van der Waals surface area contributed by atoms with E-state index in [4.69, 9.17) is 4.74 Å². The average Bonchev–Trinajstić information content (AvgIpc) is 2.51. The summed E-state index contributed by atoms with van der Waals surface area (Å²) >= 11 is 0. The van der Waals surface area contributed by atoms with Crippen LogP contribution in [0.4, 0.5) is 0 Å². The number of hydrogen-bond acceptors (Lipinski definition) is 5. The summed E-state index contributed by atoms with van der Waals surface area (Å²) < 4.78 is 5.86. The summed E-state index contributed by atoms with van der Waals surface area (Å²) in [5, 5.41) is 3.36. The van der Waals surface area contributed by atoms with Crippen LogP contribution in [0.3, 0.4) is 0 Å². The summed E-state index contributed by atoms with van der Waals surface area (Å²) in [7, 11) is 0. The predicted octanol–water partition coefficient (Wildman–Crippen LogP) is 2.44. The van der Waals surface area contributed by atoms with Gasteiger partial charge in [-0.3, -0.25) is 9.97 Å². The highest BCUT2D eigenvalue weighted by Crippen LogP contribution is 2.31. The molecule has 1 aliphatic heterocycles. The molecule has 1 aliphatic rings. The van der Waals surface area contributed by atoms with Crippen molar-refractivity contribution in [1.82, 2.24) is 20.3 Å². The van der Waals surface area contributed by atoms with E-state index < -0.39 is 0 Å². The van der Waals surface area contributed by atoms with Crippen LogP contribution in [0.25, 0.3) is 0 Å². The molecule has 5 nitrogen and oxygen atoms in total. The molecule has 0 atom stereocenters. The highest BCUT2D eigenvalue weighted by atomic mass is 16.5. The van der Waals surface area contributed by atoms with Crippen LogP contribution in [-0.2, 0) is 0 Å². The Balaban J connectivity index is 1.83.